The summed E-state index contributed by atoms with van der Waals surface area (Å²) in [5, 5.41) is 10.4. The van der Waals surface area contributed by atoms with Gasteiger partial charge in [-0.2, -0.15) is 0 Å². The highest BCUT2D eigenvalue weighted by atomic mass is 16.7. The van der Waals surface area contributed by atoms with Crippen LogP contribution in [0.3, 0.4) is 0 Å². The minimum atomic E-state index is -1.64. The van der Waals surface area contributed by atoms with E-state index in [1.54, 1.807) is 48.5 Å². The van der Waals surface area contributed by atoms with E-state index in [0.29, 0.717) is 0 Å². The van der Waals surface area contributed by atoms with Gasteiger partial charge in [0.05, 0.1) is 23.3 Å². The Morgan fingerprint density at radius 2 is 1.44 bits per heavy atom. The van der Waals surface area contributed by atoms with Crippen molar-refractivity contribution in [3.63, 3.8) is 0 Å². The van der Waals surface area contributed by atoms with Gasteiger partial charge in [0.25, 0.3) is 0 Å². The summed E-state index contributed by atoms with van der Waals surface area (Å²) in [4.78, 5) is 38.0. The topological polar surface area (TPSA) is 108 Å². The first-order valence-corrected chi connectivity index (χ1v) is 10.4. The van der Waals surface area contributed by atoms with E-state index in [2.05, 4.69) is 13.2 Å². The van der Waals surface area contributed by atoms with Gasteiger partial charge in [-0.1, -0.05) is 61.7 Å². The normalized spacial score (nSPS) is 22.2. The van der Waals surface area contributed by atoms with Crippen molar-refractivity contribution >= 4 is 17.9 Å². The molecule has 0 aromatic heterocycles. The van der Waals surface area contributed by atoms with E-state index in [1.807, 2.05) is 0 Å². The maximum Gasteiger partial charge on any atom is 0.338 e. The van der Waals surface area contributed by atoms with Crippen molar-refractivity contribution in [3.8, 4) is 0 Å². The van der Waals surface area contributed by atoms with E-state index >= 15 is 0 Å². The van der Waals surface area contributed by atoms with Gasteiger partial charge in [-0.25, -0.2) is 14.4 Å². The molecule has 0 saturated carbocycles. The number of hydrogen-bond acceptors (Lipinski definition) is 8. The first-order chi connectivity index (χ1) is 16.4. The third kappa shape index (κ3) is 6.06. The summed E-state index contributed by atoms with van der Waals surface area (Å²) in [5.74, 6) is -2.32. The van der Waals surface area contributed by atoms with Crippen LogP contribution >= 0.6 is 0 Å². The van der Waals surface area contributed by atoms with Gasteiger partial charge in [0, 0.05) is 1.43 Å². The lowest BCUT2D eigenvalue weighted by Gasteiger charge is -2.38. The lowest BCUT2D eigenvalue weighted by Crippen LogP contribution is -2.57. The van der Waals surface area contributed by atoms with Crippen LogP contribution in [0.5, 0.6) is 0 Å². The molecule has 3 rings (SSSR count). The summed E-state index contributed by atoms with van der Waals surface area (Å²) in [6.07, 6.45) is -1.68. The van der Waals surface area contributed by atoms with Gasteiger partial charge in [-0.05, 0) is 30.3 Å². The third-order valence-electron chi connectivity index (χ3n) is 4.92. The average molecular weight is 466 g/mol. The van der Waals surface area contributed by atoms with Crippen LogP contribution in [0.15, 0.2) is 97.6 Å². The molecular formula is C26H26O8. The fourth-order valence-electron chi connectivity index (χ4n) is 3.21. The fourth-order valence-corrected chi connectivity index (χ4v) is 3.21. The molecule has 1 fully saturated rings. The largest absolute Gasteiger partial charge is 0.452 e. The van der Waals surface area contributed by atoms with Crippen LogP contribution in [-0.4, -0.2) is 54.2 Å². The molecule has 34 heavy (non-hydrogen) atoms. The smallest absolute Gasteiger partial charge is 0.338 e. The van der Waals surface area contributed by atoms with Crippen molar-refractivity contribution in [2.45, 2.75) is 24.6 Å². The maximum atomic E-state index is 12.8. The van der Waals surface area contributed by atoms with Crippen molar-refractivity contribution in [2.24, 2.45) is 0 Å². The molecule has 8 nitrogen and oxygen atoms in total. The van der Waals surface area contributed by atoms with Crippen LogP contribution in [0.4, 0.5) is 0 Å². The molecular weight excluding hydrogens is 440 g/mol. The average Bonchev–Trinajstić information content (AvgIpc) is 2.87. The number of carbonyl (C=O) groups excluding carboxylic acids is 3. The summed E-state index contributed by atoms with van der Waals surface area (Å²) in [5.41, 5.74) is 0.539. The molecule has 1 heterocycles. The van der Waals surface area contributed by atoms with Crippen molar-refractivity contribution in [3.05, 3.63) is 109 Å². The van der Waals surface area contributed by atoms with Crippen LogP contribution in [0.25, 0.3) is 0 Å². The minimum absolute atomic E-state index is 0. The van der Waals surface area contributed by atoms with Crippen LogP contribution in [0.2, 0.25) is 0 Å². The van der Waals surface area contributed by atoms with Crippen LogP contribution in [0.1, 0.15) is 22.1 Å². The molecule has 0 amide bonds. The molecule has 1 saturated heterocycles. The highest BCUT2D eigenvalue weighted by Crippen LogP contribution is 2.25. The molecule has 1 aliphatic heterocycles. The van der Waals surface area contributed by atoms with Crippen molar-refractivity contribution in [1.29, 1.82) is 0 Å². The Balaban J connectivity index is 0.00000432. The number of rotatable bonds is 8. The van der Waals surface area contributed by atoms with E-state index in [9.17, 15) is 19.5 Å². The zero-order valence-corrected chi connectivity index (χ0v) is 18.2. The maximum absolute atomic E-state index is 12.8. The molecule has 8 heteroatoms. The Bertz CT molecular complexity index is 1070. The molecule has 1 N–H and O–H groups in total. The molecule has 1 aliphatic rings. The Kier molecular flexibility index (Phi) is 8.50. The van der Waals surface area contributed by atoms with E-state index in [4.69, 9.17) is 18.9 Å². The van der Waals surface area contributed by atoms with Crippen LogP contribution in [0, 0.1) is 0 Å². The van der Waals surface area contributed by atoms with Gasteiger partial charge < -0.3 is 24.1 Å². The molecule has 2 aromatic rings. The Labute approximate surface area is 198 Å². The van der Waals surface area contributed by atoms with Gasteiger partial charge >= 0.3 is 17.9 Å². The quantitative estimate of drug-likeness (QED) is 0.273. The van der Waals surface area contributed by atoms with Crippen LogP contribution in [-0.2, 0) is 23.7 Å². The molecule has 0 radical (unpaired) electrons. The standard InChI is InChI=1S/C26H24O8.H2/c1-3-11-17(4-2)23(27)34-22-21(33-25(29)19-14-9-6-10-15-19)20(16-31-26(22)30)32-24(28)18-12-7-5-8-13-18;/h3-15,20-22,26,30H,1-2,16H2;1H/b17-11+;/t20-,21+,22-,26?;/m1./s1. The number of esters is 3. The number of hydrogen-bond donors (Lipinski definition) is 1. The first-order valence-electron chi connectivity index (χ1n) is 10.4. The Hall–Kier alpha value is -4.01. The van der Waals surface area contributed by atoms with Gasteiger partial charge in [0.15, 0.2) is 24.6 Å². The van der Waals surface area contributed by atoms with Gasteiger partial charge in [-0.15, -0.1) is 0 Å². The second-order valence-electron chi connectivity index (χ2n) is 7.20. The van der Waals surface area contributed by atoms with Gasteiger partial charge in [0.2, 0.25) is 0 Å². The molecule has 0 bridgehead atoms. The Morgan fingerprint density at radius 3 is 1.97 bits per heavy atom. The van der Waals surface area contributed by atoms with Crippen molar-refractivity contribution in [2.75, 3.05) is 6.61 Å². The number of ether oxygens (including phenoxy) is 4. The molecule has 178 valence electrons. The summed E-state index contributed by atoms with van der Waals surface area (Å²) in [7, 11) is 0. The lowest BCUT2D eigenvalue weighted by molar-refractivity contribution is -0.258. The zero-order valence-electron chi connectivity index (χ0n) is 18.2. The number of carbonyl (C=O) groups is 3. The summed E-state index contributed by atoms with van der Waals surface area (Å²) in [6.45, 7) is 6.77. The van der Waals surface area contributed by atoms with Crippen molar-refractivity contribution < 1.29 is 39.9 Å². The molecule has 1 unspecified atom stereocenters. The van der Waals surface area contributed by atoms with Gasteiger partial charge in [0.1, 0.15) is 0 Å². The molecule has 0 spiro atoms. The molecule has 4 atom stereocenters. The first kappa shape index (κ1) is 24.6. The number of benzene rings is 2. The lowest BCUT2D eigenvalue weighted by atomic mass is 10.0. The SMILES string of the molecule is C=C/C=C(\C=C)C(=O)O[C@H]1C(O)OC[C@@H](OC(=O)c2ccccc2)[C@@H]1OC(=O)c1ccccc1.[HH]. The van der Waals surface area contributed by atoms with E-state index < -0.39 is 42.5 Å². The number of aliphatic hydroxyl groups is 1. The highest BCUT2D eigenvalue weighted by Gasteiger charge is 2.47. The third-order valence-corrected chi connectivity index (χ3v) is 4.92. The minimum Gasteiger partial charge on any atom is -0.452 e. The van der Waals surface area contributed by atoms with Gasteiger partial charge in [-0.3, -0.25) is 0 Å². The summed E-state index contributed by atoms with van der Waals surface area (Å²) < 4.78 is 21.8. The highest BCUT2D eigenvalue weighted by molar-refractivity contribution is 5.92. The monoisotopic (exact) mass is 466 g/mol. The second kappa shape index (κ2) is 11.7. The van der Waals surface area contributed by atoms with Crippen molar-refractivity contribution in [1.82, 2.24) is 0 Å². The second-order valence-corrected chi connectivity index (χ2v) is 7.20. The molecule has 2 aromatic carbocycles. The van der Waals surface area contributed by atoms with E-state index in [-0.39, 0.29) is 24.7 Å². The summed E-state index contributed by atoms with van der Waals surface area (Å²) >= 11 is 0. The summed E-state index contributed by atoms with van der Waals surface area (Å²) in [6, 6.07) is 16.3. The number of allylic oxidation sites excluding steroid dienone is 2. The fraction of sp³-hybridized carbons (Fsp3) is 0.192. The predicted molar refractivity (Wildman–Crippen MR) is 124 cm³/mol. The molecule has 0 aliphatic carbocycles. The Morgan fingerprint density at radius 1 is 0.882 bits per heavy atom. The zero-order chi connectivity index (χ0) is 24.5. The van der Waals surface area contributed by atoms with Crippen LogP contribution < -0.4 is 0 Å². The van der Waals surface area contributed by atoms with E-state index in [1.165, 1.54) is 30.4 Å². The van der Waals surface area contributed by atoms with E-state index in [0.717, 1.165) is 0 Å². The predicted octanol–water partition coefficient (Wildman–Crippen LogP) is 3.24. The number of aliphatic hydroxyl groups excluding tert-OH is 1.